The van der Waals surface area contributed by atoms with Gasteiger partial charge < -0.3 is 29.2 Å². The van der Waals surface area contributed by atoms with Crippen molar-refractivity contribution in [3.63, 3.8) is 0 Å². The monoisotopic (exact) mass is 632 g/mol. The average Bonchev–Trinajstić information content (AvgIpc) is 3.62. The summed E-state index contributed by atoms with van der Waals surface area (Å²) in [4.78, 5) is 52.2. The normalized spacial score (nSPS) is 33.8. The summed E-state index contributed by atoms with van der Waals surface area (Å²) in [7, 11) is 1.63. The van der Waals surface area contributed by atoms with Gasteiger partial charge in [-0.25, -0.2) is 14.8 Å². The SMILES string of the molecule is CC[C@@H]1[C@@H]2CN(C(=O)[C@H](C3CCCCC3)NC(=O)O[C@@H]3CC4CC4[C@H]3CCCCCc3nc4ccc(OC)cc4nc3O2)[C@@H]1C=O. The molecule has 10 nitrogen and oxygen atoms in total. The minimum atomic E-state index is -0.733. The van der Waals surface area contributed by atoms with Gasteiger partial charge >= 0.3 is 6.09 Å². The fourth-order valence-corrected chi connectivity index (χ4v) is 9.05. The van der Waals surface area contributed by atoms with E-state index in [9.17, 15) is 14.4 Å². The summed E-state index contributed by atoms with van der Waals surface area (Å²) in [5.41, 5.74) is 2.26. The number of aromatic nitrogens is 2. The van der Waals surface area contributed by atoms with Crippen LogP contribution in [0.5, 0.6) is 11.6 Å². The number of alkyl carbamates (subject to hydrolysis) is 1. The minimum Gasteiger partial charge on any atom is -0.497 e. The summed E-state index contributed by atoms with van der Waals surface area (Å²) in [6, 6.07) is 4.28. The van der Waals surface area contributed by atoms with Crippen molar-refractivity contribution in [1.29, 1.82) is 0 Å². The molecule has 2 amide bonds. The topological polar surface area (TPSA) is 120 Å². The maximum absolute atomic E-state index is 14.4. The number of ether oxygens (including phenoxy) is 3. The Kier molecular flexibility index (Phi) is 9.06. The second kappa shape index (κ2) is 13.4. The summed E-state index contributed by atoms with van der Waals surface area (Å²) < 4.78 is 18.3. The molecule has 8 atom stereocenters. The first-order chi connectivity index (χ1) is 22.5. The average molecular weight is 633 g/mol. The number of rotatable bonds is 4. The maximum atomic E-state index is 14.4. The van der Waals surface area contributed by atoms with E-state index < -0.39 is 24.3 Å². The predicted molar refractivity (Wildman–Crippen MR) is 171 cm³/mol. The van der Waals surface area contributed by atoms with Gasteiger partial charge in [-0.05, 0) is 87.2 Å². The molecule has 1 aromatic heterocycles. The van der Waals surface area contributed by atoms with Crippen molar-refractivity contribution in [3.8, 4) is 11.6 Å². The Morgan fingerprint density at radius 2 is 1.74 bits per heavy atom. The molecule has 4 fully saturated rings. The van der Waals surface area contributed by atoms with Gasteiger partial charge in [0.15, 0.2) is 0 Å². The van der Waals surface area contributed by atoms with E-state index in [1.165, 1.54) is 6.42 Å². The van der Waals surface area contributed by atoms with Gasteiger partial charge in [-0.2, -0.15) is 0 Å². The number of aryl methyl sites for hydroxylation is 1. The molecule has 1 N–H and O–H groups in total. The molecule has 46 heavy (non-hydrogen) atoms. The number of hydrogen-bond donors (Lipinski definition) is 1. The minimum absolute atomic E-state index is 0.00691. The van der Waals surface area contributed by atoms with Crippen molar-refractivity contribution in [2.45, 2.75) is 115 Å². The number of fused-ring (bicyclic) bond motifs is 7. The molecule has 2 aromatic rings. The maximum Gasteiger partial charge on any atom is 0.408 e. The van der Waals surface area contributed by atoms with E-state index in [1.54, 1.807) is 12.0 Å². The van der Waals surface area contributed by atoms with Crippen LogP contribution in [-0.4, -0.2) is 71.1 Å². The second-order valence-electron chi connectivity index (χ2n) is 14.3. The summed E-state index contributed by atoms with van der Waals surface area (Å²) in [5.74, 6) is 2.39. The number of nitrogens with zero attached hydrogens (tertiary/aromatic N) is 3. The van der Waals surface area contributed by atoms with Gasteiger partial charge in [-0.3, -0.25) is 4.79 Å². The van der Waals surface area contributed by atoms with E-state index in [0.29, 0.717) is 41.3 Å². The standard InChI is InChI=1S/C36H48N4O6/c1-3-24-30(20-41)40-19-32(24)45-34-28(37-27-15-14-23(44-2)18-29(27)38-34)13-9-5-8-12-25-26-16-22(26)17-31(25)46-36(43)39-33(35(40)42)21-10-6-4-7-11-21/h14-15,18,20-22,24-26,30-33H,3-13,16-17,19H2,1-2H3,(H,39,43)/t22?,24-,25+,26?,30+,31+,32-,33-/m0/s1. The van der Waals surface area contributed by atoms with Crippen LogP contribution in [0.15, 0.2) is 18.2 Å². The molecule has 1 aromatic carbocycles. The number of aldehydes is 1. The molecule has 2 unspecified atom stereocenters. The second-order valence-corrected chi connectivity index (χ2v) is 14.3. The third-order valence-electron chi connectivity index (χ3n) is 11.6. The van der Waals surface area contributed by atoms with Crippen molar-refractivity contribution in [2.24, 2.45) is 29.6 Å². The molecule has 2 aliphatic heterocycles. The smallest absolute Gasteiger partial charge is 0.408 e. The number of benzene rings is 1. The van der Waals surface area contributed by atoms with Crippen LogP contribution in [0.3, 0.4) is 0 Å². The summed E-state index contributed by atoms with van der Waals surface area (Å²) in [5, 5.41) is 3.05. The van der Waals surface area contributed by atoms with Gasteiger partial charge in [-0.1, -0.05) is 39.0 Å². The van der Waals surface area contributed by atoms with E-state index in [-0.39, 0.29) is 30.4 Å². The molecule has 0 spiro atoms. The summed E-state index contributed by atoms with van der Waals surface area (Å²) >= 11 is 0. The molecule has 3 aliphatic carbocycles. The Morgan fingerprint density at radius 3 is 2.52 bits per heavy atom. The van der Waals surface area contributed by atoms with Crippen LogP contribution in [0.4, 0.5) is 4.79 Å². The lowest BCUT2D eigenvalue weighted by Gasteiger charge is -2.34. The zero-order valence-corrected chi connectivity index (χ0v) is 27.2. The van der Waals surface area contributed by atoms with Gasteiger partial charge in [0.05, 0.1) is 30.7 Å². The highest BCUT2D eigenvalue weighted by Gasteiger charge is 2.54. The number of carbonyl (C=O) groups excluding carboxylic acids is 3. The molecule has 7 rings (SSSR count). The highest BCUT2D eigenvalue weighted by Crippen LogP contribution is 2.57. The molecule has 10 heteroatoms. The highest BCUT2D eigenvalue weighted by molar-refractivity contribution is 5.88. The van der Waals surface area contributed by atoms with Crippen LogP contribution in [0.25, 0.3) is 11.0 Å². The molecule has 248 valence electrons. The third-order valence-corrected chi connectivity index (χ3v) is 11.6. The molecule has 3 heterocycles. The Labute approximate surface area is 271 Å². The summed E-state index contributed by atoms with van der Waals surface area (Å²) in [6.07, 6.45) is 12.3. The van der Waals surface area contributed by atoms with Gasteiger partial charge in [0, 0.05) is 12.0 Å². The zero-order valence-electron chi connectivity index (χ0n) is 27.2. The lowest BCUT2D eigenvalue weighted by Crippen LogP contribution is -2.55. The van der Waals surface area contributed by atoms with Crippen molar-refractivity contribution < 1.29 is 28.6 Å². The van der Waals surface area contributed by atoms with E-state index in [0.717, 1.165) is 88.1 Å². The number of amides is 2. The quantitative estimate of drug-likeness (QED) is 0.431. The first-order valence-corrected chi connectivity index (χ1v) is 17.7. The Balaban J connectivity index is 1.23. The Morgan fingerprint density at radius 1 is 0.935 bits per heavy atom. The summed E-state index contributed by atoms with van der Waals surface area (Å²) in [6.45, 7) is 2.27. The number of methoxy groups -OCH3 is 1. The largest absolute Gasteiger partial charge is 0.497 e. The molecule has 2 bridgehead atoms. The van der Waals surface area contributed by atoms with Crippen molar-refractivity contribution in [3.05, 3.63) is 23.9 Å². The molecular weight excluding hydrogens is 584 g/mol. The van der Waals surface area contributed by atoms with E-state index >= 15 is 0 Å². The van der Waals surface area contributed by atoms with Gasteiger partial charge in [-0.15, -0.1) is 0 Å². The lowest BCUT2D eigenvalue weighted by molar-refractivity contribution is -0.138. The van der Waals surface area contributed by atoms with Crippen LogP contribution in [0, 0.1) is 29.6 Å². The lowest BCUT2D eigenvalue weighted by atomic mass is 9.83. The van der Waals surface area contributed by atoms with Crippen LogP contribution in [-0.2, 0) is 20.7 Å². The van der Waals surface area contributed by atoms with E-state index in [2.05, 4.69) is 5.32 Å². The van der Waals surface area contributed by atoms with E-state index in [1.807, 2.05) is 25.1 Å². The van der Waals surface area contributed by atoms with Crippen molar-refractivity contribution in [1.82, 2.24) is 20.2 Å². The molecule has 5 aliphatic rings. The van der Waals surface area contributed by atoms with Gasteiger partial charge in [0.2, 0.25) is 11.8 Å². The first kappa shape index (κ1) is 31.2. The van der Waals surface area contributed by atoms with Gasteiger partial charge in [0.25, 0.3) is 0 Å². The zero-order chi connectivity index (χ0) is 31.8. The molecule has 0 radical (unpaired) electrons. The number of hydrogen-bond acceptors (Lipinski definition) is 8. The molecular formula is C36H48N4O6. The van der Waals surface area contributed by atoms with Crippen LogP contribution in [0.2, 0.25) is 0 Å². The van der Waals surface area contributed by atoms with Crippen molar-refractivity contribution >= 4 is 29.3 Å². The van der Waals surface area contributed by atoms with Crippen molar-refractivity contribution in [2.75, 3.05) is 13.7 Å². The van der Waals surface area contributed by atoms with Crippen LogP contribution >= 0.6 is 0 Å². The van der Waals surface area contributed by atoms with Crippen LogP contribution in [0.1, 0.15) is 89.7 Å². The number of nitrogens with one attached hydrogen (secondary N) is 1. The fraction of sp³-hybridized carbons (Fsp3) is 0.694. The first-order valence-electron chi connectivity index (χ1n) is 17.7. The van der Waals surface area contributed by atoms with Crippen LogP contribution < -0.4 is 14.8 Å². The third kappa shape index (κ3) is 6.16. The highest BCUT2D eigenvalue weighted by atomic mass is 16.6. The fourth-order valence-electron chi connectivity index (χ4n) is 9.05. The number of carbonyl (C=O) groups is 3. The molecule has 1 saturated heterocycles. The van der Waals surface area contributed by atoms with E-state index in [4.69, 9.17) is 24.2 Å². The Hall–Kier alpha value is -3.43. The molecule has 3 saturated carbocycles. The predicted octanol–water partition coefficient (Wildman–Crippen LogP) is 5.64. The van der Waals surface area contributed by atoms with Gasteiger partial charge in [0.1, 0.15) is 36.0 Å². The Bertz CT molecular complexity index is 1450.